The molecule has 0 unspecified atom stereocenters. The Morgan fingerprint density at radius 2 is 1.86 bits per heavy atom. The predicted molar refractivity (Wildman–Crippen MR) is 62.2 cm³/mol. The minimum atomic E-state index is 0.00287. The van der Waals surface area contributed by atoms with E-state index in [4.69, 9.17) is 10.5 Å². The van der Waals surface area contributed by atoms with Crippen molar-refractivity contribution in [3.63, 3.8) is 0 Å². The average molecular weight is 258 g/mol. The van der Waals surface area contributed by atoms with Crippen LogP contribution in [0.25, 0.3) is 0 Å². The lowest BCUT2D eigenvalue weighted by atomic mass is 10.1. The summed E-state index contributed by atoms with van der Waals surface area (Å²) >= 11 is 3.40. The highest BCUT2D eigenvalue weighted by Crippen LogP contribution is 2.20. The lowest BCUT2D eigenvalue weighted by molar-refractivity contribution is 0.0119. The molecular weight excluding hydrogens is 242 g/mol. The zero-order chi connectivity index (χ0) is 10.6. The van der Waals surface area contributed by atoms with E-state index >= 15 is 0 Å². The molecule has 0 heterocycles. The van der Waals surface area contributed by atoms with Crippen LogP contribution in [0.15, 0.2) is 28.7 Å². The van der Waals surface area contributed by atoms with Crippen molar-refractivity contribution in [1.29, 1.82) is 0 Å². The summed E-state index contributed by atoms with van der Waals surface area (Å²) in [4.78, 5) is 0. The highest BCUT2D eigenvalue weighted by molar-refractivity contribution is 9.10. The second kappa shape index (κ2) is 5.49. The smallest absolute Gasteiger partial charge is 0.0950 e. The van der Waals surface area contributed by atoms with Gasteiger partial charge < -0.3 is 10.5 Å². The quantitative estimate of drug-likeness (QED) is 0.901. The molecule has 0 spiro atoms. The third-order valence-corrected chi connectivity index (χ3v) is 2.42. The van der Waals surface area contributed by atoms with Crippen molar-refractivity contribution in [3.8, 4) is 0 Å². The Labute approximate surface area is 93.6 Å². The molecule has 0 saturated carbocycles. The van der Waals surface area contributed by atoms with Crippen molar-refractivity contribution in [2.75, 3.05) is 6.54 Å². The lowest BCUT2D eigenvalue weighted by Gasteiger charge is -2.19. The molecule has 0 bridgehead atoms. The molecule has 14 heavy (non-hydrogen) atoms. The van der Waals surface area contributed by atoms with Gasteiger partial charge in [0.1, 0.15) is 0 Å². The molecule has 0 aliphatic carbocycles. The molecule has 0 fully saturated rings. The van der Waals surface area contributed by atoms with E-state index in [0.717, 1.165) is 10.0 Å². The zero-order valence-corrected chi connectivity index (χ0v) is 10.1. The molecule has 0 aromatic heterocycles. The minimum Gasteiger partial charge on any atom is -0.370 e. The summed E-state index contributed by atoms with van der Waals surface area (Å²) in [5, 5.41) is 0. The fourth-order valence-electron chi connectivity index (χ4n) is 1.28. The van der Waals surface area contributed by atoms with Gasteiger partial charge in [0.2, 0.25) is 0 Å². The first-order chi connectivity index (χ1) is 6.63. The molecule has 0 saturated heterocycles. The van der Waals surface area contributed by atoms with Gasteiger partial charge in [-0.15, -0.1) is 0 Å². The highest BCUT2D eigenvalue weighted by Gasteiger charge is 2.11. The number of ether oxygens (including phenoxy) is 1. The van der Waals surface area contributed by atoms with Gasteiger partial charge in [0.15, 0.2) is 0 Å². The number of hydrogen-bond donors (Lipinski definition) is 1. The molecule has 3 heteroatoms. The van der Waals surface area contributed by atoms with Gasteiger partial charge in [0, 0.05) is 11.0 Å². The van der Waals surface area contributed by atoms with Crippen molar-refractivity contribution in [2.45, 2.75) is 26.1 Å². The van der Waals surface area contributed by atoms with Crippen LogP contribution < -0.4 is 5.73 Å². The van der Waals surface area contributed by atoms with Crippen LogP contribution in [-0.4, -0.2) is 12.6 Å². The van der Waals surface area contributed by atoms with Crippen LogP contribution in [0.2, 0.25) is 0 Å². The van der Waals surface area contributed by atoms with Crippen LogP contribution in [0.1, 0.15) is 25.5 Å². The number of benzene rings is 1. The van der Waals surface area contributed by atoms with Crippen LogP contribution in [0.5, 0.6) is 0 Å². The van der Waals surface area contributed by atoms with E-state index in [1.165, 1.54) is 0 Å². The highest BCUT2D eigenvalue weighted by atomic mass is 79.9. The van der Waals surface area contributed by atoms with Gasteiger partial charge in [0.25, 0.3) is 0 Å². The van der Waals surface area contributed by atoms with Gasteiger partial charge in [-0.05, 0) is 31.5 Å². The van der Waals surface area contributed by atoms with Gasteiger partial charge in [-0.2, -0.15) is 0 Å². The van der Waals surface area contributed by atoms with Gasteiger partial charge >= 0.3 is 0 Å². The summed E-state index contributed by atoms with van der Waals surface area (Å²) < 4.78 is 6.76. The first-order valence-corrected chi connectivity index (χ1v) is 5.53. The molecule has 0 aliphatic rings. The molecule has 2 N–H and O–H groups in total. The van der Waals surface area contributed by atoms with Crippen LogP contribution in [0, 0.1) is 0 Å². The Kier molecular flexibility index (Phi) is 4.58. The normalized spacial score (nSPS) is 13.2. The van der Waals surface area contributed by atoms with Gasteiger partial charge in [-0.1, -0.05) is 28.1 Å². The number of hydrogen-bond acceptors (Lipinski definition) is 2. The van der Waals surface area contributed by atoms with Crippen LogP contribution in [-0.2, 0) is 4.74 Å². The molecule has 1 atom stereocenters. The van der Waals surface area contributed by atoms with Gasteiger partial charge in [-0.3, -0.25) is 0 Å². The fourth-order valence-corrected chi connectivity index (χ4v) is 1.54. The standard InChI is InChI=1S/C11H16BrNO/c1-8(2)14-11(7-13)9-3-5-10(12)6-4-9/h3-6,8,11H,7,13H2,1-2H3/t11-/m0/s1. The molecule has 1 aromatic rings. The zero-order valence-electron chi connectivity index (χ0n) is 8.53. The Morgan fingerprint density at radius 1 is 1.29 bits per heavy atom. The van der Waals surface area contributed by atoms with E-state index < -0.39 is 0 Å². The molecular formula is C11H16BrNO. The van der Waals surface area contributed by atoms with E-state index in [9.17, 15) is 0 Å². The maximum Gasteiger partial charge on any atom is 0.0950 e. The summed E-state index contributed by atoms with van der Waals surface area (Å²) in [6.07, 6.45) is 0.204. The van der Waals surface area contributed by atoms with Gasteiger partial charge in [0.05, 0.1) is 12.2 Å². The second-order valence-corrected chi connectivity index (χ2v) is 4.38. The summed E-state index contributed by atoms with van der Waals surface area (Å²) in [5.41, 5.74) is 6.78. The maximum atomic E-state index is 5.69. The number of rotatable bonds is 4. The van der Waals surface area contributed by atoms with E-state index in [0.29, 0.717) is 6.54 Å². The van der Waals surface area contributed by atoms with Crippen LogP contribution >= 0.6 is 15.9 Å². The van der Waals surface area contributed by atoms with Crippen LogP contribution in [0.4, 0.5) is 0 Å². The molecule has 0 radical (unpaired) electrons. The summed E-state index contributed by atoms with van der Waals surface area (Å²) in [5.74, 6) is 0. The maximum absolute atomic E-state index is 5.69. The topological polar surface area (TPSA) is 35.2 Å². The number of halogens is 1. The molecule has 78 valence electrons. The molecule has 2 nitrogen and oxygen atoms in total. The summed E-state index contributed by atoms with van der Waals surface area (Å²) in [6.45, 7) is 4.54. The molecule has 1 aromatic carbocycles. The van der Waals surface area contributed by atoms with E-state index in [1.54, 1.807) is 0 Å². The van der Waals surface area contributed by atoms with E-state index in [-0.39, 0.29) is 12.2 Å². The lowest BCUT2D eigenvalue weighted by Crippen LogP contribution is -2.19. The van der Waals surface area contributed by atoms with Crippen molar-refractivity contribution in [1.82, 2.24) is 0 Å². The van der Waals surface area contributed by atoms with Crippen molar-refractivity contribution < 1.29 is 4.74 Å². The fraction of sp³-hybridized carbons (Fsp3) is 0.455. The summed E-state index contributed by atoms with van der Waals surface area (Å²) in [6, 6.07) is 8.07. The Bertz CT molecular complexity index is 271. The van der Waals surface area contributed by atoms with E-state index in [1.807, 2.05) is 38.1 Å². The Hall–Kier alpha value is -0.380. The molecule has 0 aliphatic heterocycles. The molecule has 0 amide bonds. The van der Waals surface area contributed by atoms with Crippen molar-refractivity contribution >= 4 is 15.9 Å². The third-order valence-electron chi connectivity index (χ3n) is 1.89. The average Bonchev–Trinajstić information content (AvgIpc) is 2.15. The monoisotopic (exact) mass is 257 g/mol. The Morgan fingerprint density at radius 3 is 2.29 bits per heavy atom. The van der Waals surface area contributed by atoms with Gasteiger partial charge in [-0.25, -0.2) is 0 Å². The first-order valence-electron chi connectivity index (χ1n) is 4.74. The van der Waals surface area contributed by atoms with Crippen molar-refractivity contribution in [3.05, 3.63) is 34.3 Å². The van der Waals surface area contributed by atoms with Crippen molar-refractivity contribution in [2.24, 2.45) is 5.73 Å². The second-order valence-electron chi connectivity index (χ2n) is 3.46. The van der Waals surface area contributed by atoms with Crippen LogP contribution in [0.3, 0.4) is 0 Å². The van der Waals surface area contributed by atoms with E-state index in [2.05, 4.69) is 15.9 Å². The Balaban J connectivity index is 2.73. The SMILES string of the molecule is CC(C)O[C@@H](CN)c1ccc(Br)cc1. The third kappa shape index (κ3) is 3.40. The minimum absolute atomic E-state index is 0.00287. The first kappa shape index (κ1) is 11.7. The molecule has 1 rings (SSSR count). The summed E-state index contributed by atoms with van der Waals surface area (Å²) in [7, 11) is 0. The largest absolute Gasteiger partial charge is 0.370 e. The predicted octanol–water partition coefficient (Wildman–Crippen LogP) is 2.87. The number of nitrogens with two attached hydrogens (primary N) is 1.